The molecule has 3 unspecified atom stereocenters. The molecule has 3 atom stereocenters. The summed E-state index contributed by atoms with van der Waals surface area (Å²) in [6, 6.07) is 0. The molecule has 0 radical (unpaired) electrons. The van der Waals surface area contributed by atoms with Crippen LogP contribution in [0.25, 0.3) is 0 Å². The first-order chi connectivity index (χ1) is 11.4. The quantitative estimate of drug-likeness (QED) is 0.165. The molecule has 5 heteroatoms. The summed E-state index contributed by atoms with van der Waals surface area (Å²) in [5.41, 5.74) is 0. The lowest BCUT2D eigenvalue weighted by Crippen LogP contribution is -2.64. The van der Waals surface area contributed by atoms with Gasteiger partial charge in [-0.1, -0.05) is 46.0 Å². The molecule has 0 heterocycles. The predicted octanol–water partition coefficient (Wildman–Crippen LogP) is 4.35. The maximum Gasteiger partial charge on any atom is 0.194 e. The second kappa shape index (κ2) is 14.3. The Morgan fingerprint density at radius 2 is 1.04 bits per heavy atom. The summed E-state index contributed by atoms with van der Waals surface area (Å²) >= 11 is 5.70. The first-order valence-corrected chi connectivity index (χ1v) is 10.4. The van der Waals surface area contributed by atoms with Gasteiger partial charge in [0.05, 0.1) is 7.05 Å². The number of unbranched alkanes of at least 4 members (excludes halogenated alkanes) is 6. The molecule has 4 nitrogen and oxygen atoms in total. The van der Waals surface area contributed by atoms with Crippen LogP contribution in [0, 0.1) is 0 Å². The lowest BCUT2D eigenvalue weighted by atomic mass is 10.1. The first-order valence-electron chi connectivity index (χ1n) is 9.90. The Balaban J connectivity index is 4.82. The molecule has 146 valence electrons. The third-order valence-corrected chi connectivity index (χ3v) is 5.42. The van der Waals surface area contributed by atoms with Gasteiger partial charge in [0.1, 0.15) is 0 Å². The highest BCUT2D eigenvalue weighted by Crippen LogP contribution is 2.27. The van der Waals surface area contributed by atoms with Crippen LogP contribution < -0.4 is 0 Å². The van der Waals surface area contributed by atoms with Crippen LogP contribution in [-0.2, 0) is 0 Å². The minimum absolute atomic E-state index is 0.0612. The van der Waals surface area contributed by atoms with Gasteiger partial charge in [-0.15, -0.1) is 11.6 Å². The smallest absolute Gasteiger partial charge is 0.194 e. The molecule has 0 bridgehead atoms. The fraction of sp³-hybridized carbons (Fsp3) is 1.00. The van der Waals surface area contributed by atoms with Crippen LogP contribution in [0.1, 0.15) is 90.9 Å². The number of rotatable bonds is 16. The summed E-state index contributed by atoms with van der Waals surface area (Å²) in [6.07, 6.45) is 8.57. The van der Waals surface area contributed by atoms with Crippen LogP contribution in [0.2, 0.25) is 0 Å². The topological polar surface area (TPSA) is 60.7 Å². The highest BCUT2D eigenvalue weighted by atomic mass is 35.5. The molecular weight excluding hydrogens is 326 g/mol. The first kappa shape index (κ1) is 24.1. The van der Waals surface area contributed by atoms with E-state index in [1.54, 1.807) is 7.05 Å². The molecule has 0 saturated carbocycles. The Bertz CT molecular complexity index is 276. The minimum Gasteiger partial charge on any atom is -0.345 e. The Kier molecular flexibility index (Phi) is 14.4. The van der Waals surface area contributed by atoms with Crippen LogP contribution in [0.3, 0.4) is 0 Å². The third-order valence-electron chi connectivity index (χ3n) is 5.15. The fourth-order valence-electron chi connectivity index (χ4n) is 3.18. The maximum absolute atomic E-state index is 10.7. The average Bonchev–Trinajstić information content (AvgIpc) is 2.57. The molecule has 24 heavy (non-hydrogen) atoms. The third kappa shape index (κ3) is 8.48. The van der Waals surface area contributed by atoms with Crippen molar-refractivity contribution < 1.29 is 19.8 Å². The lowest BCUT2D eigenvalue weighted by molar-refractivity contribution is -1.03. The molecular formula is C19H41ClNO3+. The van der Waals surface area contributed by atoms with E-state index >= 15 is 0 Å². The van der Waals surface area contributed by atoms with Gasteiger partial charge in [-0.25, -0.2) is 0 Å². The molecule has 0 aliphatic heterocycles. The summed E-state index contributed by atoms with van der Waals surface area (Å²) in [5.74, 6) is 0.640. The highest BCUT2D eigenvalue weighted by molar-refractivity contribution is 6.17. The Hall–Kier alpha value is 0.130. The van der Waals surface area contributed by atoms with Crippen molar-refractivity contribution in [2.24, 2.45) is 0 Å². The number of nitrogens with zero attached hydrogens (tertiary/aromatic N) is 1. The van der Waals surface area contributed by atoms with Crippen LogP contribution >= 0.6 is 11.6 Å². The van der Waals surface area contributed by atoms with Crippen molar-refractivity contribution in [3.63, 3.8) is 0 Å². The van der Waals surface area contributed by atoms with Crippen molar-refractivity contribution >= 4 is 11.6 Å². The summed E-state index contributed by atoms with van der Waals surface area (Å²) < 4.78 is -0.0612. The molecule has 0 saturated heterocycles. The molecule has 0 rings (SSSR count). The summed E-state index contributed by atoms with van der Waals surface area (Å²) in [7, 11) is 1.81. The molecule has 0 aromatic heterocycles. The van der Waals surface area contributed by atoms with E-state index in [-0.39, 0.29) is 4.48 Å². The van der Waals surface area contributed by atoms with Crippen molar-refractivity contribution in [1.29, 1.82) is 0 Å². The van der Waals surface area contributed by atoms with Crippen molar-refractivity contribution in [2.75, 3.05) is 12.9 Å². The molecule has 0 aromatic carbocycles. The maximum atomic E-state index is 10.7. The highest BCUT2D eigenvalue weighted by Gasteiger charge is 2.43. The summed E-state index contributed by atoms with van der Waals surface area (Å²) in [6.45, 7) is 4.26. The number of aliphatic hydroxyl groups is 3. The Morgan fingerprint density at radius 1 is 0.667 bits per heavy atom. The van der Waals surface area contributed by atoms with Gasteiger partial charge in [0.15, 0.2) is 18.7 Å². The van der Waals surface area contributed by atoms with Gasteiger partial charge in [0.2, 0.25) is 0 Å². The molecule has 0 fully saturated rings. The minimum atomic E-state index is -0.742. The Morgan fingerprint density at radius 3 is 1.38 bits per heavy atom. The van der Waals surface area contributed by atoms with Gasteiger partial charge in [-0.05, 0) is 25.7 Å². The Labute approximate surface area is 154 Å². The number of quaternary nitrogens is 1. The van der Waals surface area contributed by atoms with Crippen molar-refractivity contribution in [2.45, 2.75) is 110 Å². The van der Waals surface area contributed by atoms with Crippen LogP contribution in [0.4, 0.5) is 0 Å². The van der Waals surface area contributed by atoms with Crippen LogP contribution in [0.5, 0.6) is 0 Å². The SMILES string of the molecule is CCCCCC(O)[N+](C)(C(O)CCCCC)C(O)CCCCCCl. The molecule has 3 N–H and O–H groups in total. The monoisotopic (exact) mass is 366 g/mol. The van der Waals surface area contributed by atoms with E-state index in [1.165, 1.54) is 0 Å². The van der Waals surface area contributed by atoms with E-state index in [2.05, 4.69) is 13.8 Å². The predicted molar refractivity (Wildman–Crippen MR) is 102 cm³/mol. The zero-order valence-corrected chi connectivity index (χ0v) is 16.8. The number of alkyl halides is 1. The van der Waals surface area contributed by atoms with Gasteiger partial charge in [0.25, 0.3) is 0 Å². The fourth-order valence-corrected chi connectivity index (χ4v) is 3.37. The number of hydrogen-bond donors (Lipinski definition) is 3. The van der Waals surface area contributed by atoms with Gasteiger partial charge < -0.3 is 15.3 Å². The molecule has 0 aliphatic rings. The average molecular weight is 367 g/mol. The van der Waals surface area contributed by atoms with E-state index in [1.807, 2.05) is 0 Å². The van der Waals surface area contributed by atoms with Gasteiger partial charge in [-0.2, -0.15) is 0 Å². The van der Waals surface area contributed by atoms with E-state index in [9.17, 15) is 15.3 Å². The zero-order chi connectivity index (χ0) is 18.4. The van der Waals surface area contributed by atoms with E-state index < -0.39 is 18.7 Å². The zero-order valence-electron chi connectivity index (χ0n) is 16.1. The van der Waals surface area contributed by atoms with Crippen LogP contribution in [0.15, 0.2) is 0 Å². The van der Waals surface area contributed by atoms with E-state index in [0.717, 1.165) is 57.8 Å². The van der Waals surface area contributed by atoms with Gasteiger partial charge in [-0.3, -0.25) is 4.48 Å². The number of hydrogen-bond acceptors (Lipinski definition) is 3. The van der Waals surface area contributed by atoms with Gasteiger partial charge in [0, 0.05) is 25.1 Å². The van der Waals surface area contributed by atoms with Crippen molar-refractivity contribution in [3.05, 3.63) is 0 Å². The van der Waals surface area contributed by atoms with E-state index in [4.69, 9.17) is 11.6 Å². The van der Waals surface area contributed by atoms with E-state index in [0.29, 0.717) is 25.1 Å². The number of halogens is 1. The second-order valence-electron chi connectivity index (χ2n) is 7.19. The summed E-state index contributed by atoms with van der Waals surface area (Å²) in [5, 5.41) is 32.2. The lowest BCUT2D eigenvalue weighted by Gasteiger charge is -2.45. The van der Waals surface area contributed by atoms with Gasteiger partial charge >= 0.3 is 0 Å². The van der Waals surface area contributed by atoms with Crippen LogP contribution in [-0.4, -0.2) is 51.4 Å². The second-order valence-corrected chi connectivity index (χ2v) is 7.57. The summed E-state index contributed by atoms with van der Waals surface area (Å²) in [4.78, 5) is 0. The van der Waals surface area contributed by atoms with Crippen molar-refractivity contribution in [3.8, 4) is 0 Å². The van der Waals surface area contributed by atoms with Crippen molar-refractivity contribution in [1.82, 2.24) is 0 Å². The number of aliphatic hydroxyl groups excluding tert-OH is 3. The standard InChI is InChI=1S/C19H41ClNO3/c1-4-6-9-13-17(22)21(3,18(23)14-10-7-5-2)19(24)15-11-8-12-16-20/h17-19,22-24H,4-16H2,1-3H3/q+1. The molecule has 0 spiro atoms. The largest absolute Gasteiger partial charge is 0.345 e. The molecule has 0 aromatic rings. The normalized spacial score (nSPS) is 18.1. The molecule has 0 amide bonds. The molecule has 0 aliphatic carbocycles.